The number of hydrogen-bond donors (Lipinski definition) is 1. The first kappa shape index (κ1) is 10.1. The van der Waals surface area contributed by atoms with Gasteiger partial charge in [-0.05, 0) is 19.1 Å². The Hall–Kier alpha value is -1.00. The normalized spacial score (nSPS) is 10.4. The van der Waals surface area contributed by atoms with Gasteiger partial charge in [-0.15, -0.1) is 0 Å². The van der Waals surface area contributed by atoms with Crippen molar-refractivity contribution in [2.24, 2.45) is 0 Å². The van der Waals surface area contributed by atoms with Gasteiger partial charge in [-0.1, -0.05) is 6.07 Å². The number of nitrogens with one attached hydrogen (secondary N) is 1. The third kappa shape index (κ3) is 2.75. The molecule has 0 aromatic heterocycles. The third-order valence-electron chi connectivity index (χ3n) is 1.56. The predicted octanol–water partition coefficient (Wildman–Crippen LogP) is 2.01. The molecule has 1 N–H and O–H groups in total. The minimum absolute atomic E-state index is 0.00375. The SMILES string of the molecule is CCONCc1c(F)cccc1F. The predicted molar refractivity (Wildman–Crippen MR) is 44.8 cm³/mol. The van der Waals surface area contributed by atoms with Crippen molar-refractivity contribution in [1.82, 2.24) is 5.48 Å². The number of benzene rings is 1. The highest BCUT2D eigenvalue weighted by Gasteiger charge is 2.06. The first-order valence-electron chi connectivity index (χ1n) is 4.03. The van der Waals surface area contributed by atoms with Crippen LogP contribution in [0.4, 0.5) is 8.78 Å². The maximum atomic E-state index is 12.9. The molecule has 0 fully saturated rings. The minimum atomic E-state index is -0.563. The quantitative estimate of drug-likeness (QED) is 0.575. The largest absolute Gasteiger partial charge is 0.302 e. The summed E-state index contributed by atoms with van der Waals surface area (Å²) in [4.78, 5) is 4.76. The van der Waals surface area contributed by atoms with Crippen LogP contribution in [0, 0.1) is 11.6 Å². The Morgan fingerprint density at radius 1 is 1.31 bits per heavy atom. The van der Waals surface area contributed by atoms with Crippen LogP contribution in [0.2, 0.25) is 0 Å². The molecular formula is C9H11F2NO. The van der Waals surface area contributed by atoms with Crippen molar-refractivity contribution < 1.29 is 13.6 Å². The average Bonchev–Trinajstić information content (AvgIpc) is 2.10. The van der Waals surface area contributed by atoms with Crippen molar-refractivity contribution in [3.8, 4) is 0 Å². The van der Waals surface area contributed by atoms with Gasteiger partial charge in [0.2, 0.25) is 0 Å². The van der Waals surface area contributed by atoms with Gasteiger partial charge < -0.3 is 4.84 Å². The molecular weight excluding hydrogens is 176 g/mol. The Kier molecular flexibility index (Phi) is 3.79. The minimum Gasteiger partial charge on any atom is -0.302 e. The Balaban J connectivity index is 2.64. The van der Waals surface area contributed by atoms with Crippen LogP contribution in [0.15, 0.2) is 18.2 Å². The van der Waals surface area contributed by atoms with E-state index in [1.807, 2.05) is 0 Å². The van der Waals surface area contributed by atoms with E-state index in [1.54, 1.807) is 6.92 Å². The van der Waals surface area contributed by atoms with Crippen molar-refractivity contribution in [1.29, 1.82) is 0 Å². The number of rotatable bonds is 4. The zero-order valence-corrected chi connectivity index (χ0v) is 7.31. The molecule has 13 heavy (non-hydrogen) atoms. The average molecular weight is 187 g/mol. The van der Waals surface area contributed by atoms with E-state index in [4.69, 9.17) is 4.84 Å². The van der Waals surface area contributed by atoms with Crippen molar-refractivity contribution in [3.63, 3.8) is 0 Å². The van der Waals surface area contributed by atoms with Gasteiger partial charge >= 0.3 is 0 Å². The van der Waals surface area contributed by atoms with Crippen molar-refractivity contribution in [2.75, 3.05) is 6.61 Å². The van der Waals surface area contributed by atoms with Crippen LogP contribution in [-0.2, 0) is 11.4 Å². The van der Waals surface area contributed by atoms with E-state index in [2.05, 4.69) is 5.48 Å². The second-order valence-electron chi connectivity index (χ2n) is 2.45. The molecule has 0 aliphatic heterocycles. The first-order chi connectivity index (χ1) is 6.25. The lowest BCUT2D eigenvalue weighted by Gasteiger charge is -2.05. The van der Waals surface area contributed by atoms with E-state index in [0.717, 1.165) is 0 Å². The van der Waals surface area contributed by atoms with Gasteiger partial charge in [0.25, 0.3) is 0 Å². The maximum Gasteiger partial charge on any atom is 0.130 e. The van der Waals surface area contributed by atoms with E-state index in [9.17, 15) is 8.78 Å². The zero-order chi connectivity index (χ0) is 9.68. The lowest BCUT2D eigenvalue weighted by Crippen LogP contribution is -2.15. The molecule has 0 saturated carbocycles. The molecule has 0 amide bonds. The van der Waals surface area contributed by atoms with Gasteiger partial charge in [0, 0.05) is 5.56 Å². The van der Waals surface area contributed by atoms with Gasteiger partial charge in [-0.2, -0.15) is 5.48 Å². The molecule has 0 saturated heterocycles. The van der Waals surface area contributed by atoms with E-state index < -0.39 is 11.6 Å². The van der Waals surface area contributed by atoms with E-state index in [1.165, 1.54) is 18.2 Å². The van der Waals surface area contributed by atoms with Gasteiger partial charge in [0.15, 0.2) is 0 Å². The molecule has 1 rings (SSSR count). The lowest BCUT2D eigenvalue weighted by molar-refractivity contribution is 0.0450. The highest BCUT2D eigenvalue weighted by molar-refractivity contribution is 5.19. The van der Waals surface area contributed by atoms with Gasteiger partial charge in [0.05, 0.1) is 13.2 Å². The highest BCUT2D eigenvalue weighted by atomic mass is 19.1. The molecule has 72 valence electrons. The fourth-order valence-electron chi connectivity index (χ4n) is 0.926. The van der Waals surface area contributed by atoms with Gasteiger partial charge in [-0.25, -0.2) is 8.78 Å². The number of hydroxylamine groups is 1. The van der Waals surface area contributed by atoms with Crippen molar-refractivity contribution in [3.05, 3.63) is 35.4 Å². The summed E-state index contributed by atoms with van der Waals surface area (Å²) in [5.41, 5.74) is 2.45. The van der Waals surface area contributed by atoms with Crippen LogP contribution in [0.5, 0.6) is 0 Å². The molecule has 0 spiro atoms. The van der Waals surface area contributed by atoms with E-state index in [0.29, 0.717) is 6.61 Å². The van der Waals surface area contributed by atoms with Crippen LogP contribution in [0.3, 0.4) is 0 Å². The number of hydrogen-bond acceptors (Lipinski definition) is 2. The molecule has 1 aromatic rings. The molecule has 0 heterocycles. The first-order valence-corrected chi connectivity index (χ1v) is 4.03. The van der Waals surface area contributed by atoms with E-state index in [-0.39, 0.29) is 12.1 Å². The van der Waals surface area contributed by atoms with Crippen LogP contribution < -0.4 is 5.48 Å². The molecule has 1 aromatic carbocycles. The molecule has 0 atom stereocenters. The summed E-state index contributed by atoms with van der Waals surface area (Å²) in [5.74, 6) is -1.13. The smallest absolute Gasteiger partial charge is 0.130 e. The van der Waals surface area contributed by atoms with Gasteiger partial charge in [-0.3, -0.25) is 0 Å². The summed E-state index contributed by atoms with van der Waals surface area (Å²) >= 11 is 0. The fraction of sp³-hybridized carbons (Fsp3) is 0.333. The number of halogens is 2. The highest BCUT2D eigenvalue weighted by Crippen LogP contribution is 2.11. The molecule has 0 bridgehead atoms. The lowest BCUT2D eigenvalue weighted by atomic mass is 10.2. The topological polar surface area (TPSA) is 21.3 Å². The summed E-state index contributed by atoms with van der Waals surface area (Å²) in [7, 11) is 0. The van der Waals surface area contributed by atoms with Crippen molar-refractivity contribution in [2.45, 2.75) is 13.5 Å². The Morgan fingerprint density at radius 3 is 2.46 bits per heavy atom. The van der Waals surface area contributed by atoms with Crippen LogP contribution in [0.1, 0.15) is 12.5 Å². The van der Waals surface area contributed by atoms with Crippen LogP contribution >= 0.6 is 0 Å². The molecule has 0 aliphatic carbocycles. The van der Waals surface area contributed by atoms with Crippen LogP contribution in [0.25, 0.3) is 0 Å². The molecule has 4 heteroatoms. The summed E-state index contributed by atoms with van der Waals surface area (Å²) in [5, 5.41) is 0. The summed E-state index contributed by atoms with van der Waals surface area (Å²) in [6.07, 6.45) is 0. The molecule has 0 unspecified atom stereocenters. The standard InChI is InChI=1S/C9H11F2NO/c1-2-13-12-6-7-8(10)4-3-5-9(7)11/h3-5,12H,2,6H2,1H3. The second-order valence-corrected chi connectivity index (χ2v) is 2.45. The van der Waals surface area contributed by atoms with Gasteiger partial charge in [0.1, 0.15) is 11.6 Å². The zero-order valence-electron chi connectivity index (χ0n) is 7.31. The Morgan fingerprint density at radius 2 is 1.92 bits per heavy atom. The fourth-order valence-corrected chi connectivity index (χ4v) is 0.926. The summed E-state index contributed by atoms with van der Waals surface area (Å²) in [6.45, 7) is 2.27. The second kappa shape index (κ2) is 4.89. The van der Waals surface area contributed by atoms with E-state index >= 15 is 0 Å². The Labute approximate surface area is 75.5 Å². The monoisotopic (exact) mass is 187 g/mol. The molecule has 0 aliphatic rings. The maximum absolute atomic E-state index is 12.9. The summed E-state index contributed by atoms with van der Waals surface area (Å²) < 4.78 is 25.9. The van der Waals surface area contributed by atoms with Crippen molar-refractivity contribution >= 4 is 0 Å². The Bertz CT molecular complexity index is 258. The molecule has 0 radical (unpaired) electrons. The molecule has 2 nitrogen and oxygen atoms in total. The third-order valence-corrected chi connectivity index (χ3v) is 1.56. The van der Waals surface area contributed by atoms with Crippen LogP contribution in [-0.4, -0.2) is 6.61 Å². The summed E-state index contributed by atoms with van der Waals surface area (Å²) in [6, 6.07) is 3.76.